The highest BCUT2D eigenvalue weighted by molar-refractivity contribution is 14.0. The number of methoxy groups -OCH3 is 1. The monoisotopic (exact) mass is 450 g/mol. The molecule has 132 valence electrons. The first-order valence-corrected chi connectivity index (χ1v) is 7.81. The highest BCUT2D eigenvalue weighted by atomic mass is 127. The summed E-state index contributed by atoms with van der Waals surface area (Å²) in [5, 5.41) is 15.4. The van der Waals surface area contributed by atoms with Crippen LogP contribution < -0.4 is 15.4 Å². The van der Waals surface area contributed by atoms with Gasteiger partial charge in [0, 0.05) is 20.1 Å². The van der Waals surface area contributed by atoms with Crippen LogP contribution in [0.5, 0.6) is 5.75 Å². The Hall–Kier alpha value is -2.27. The second-order valence-corrected chi connectivity index (χ2v) is 5.26. The molecule has 0 atom stereocenters. The van der Waals surface area contributed by atoms with E-state index in [0.29, 0.717) is 12.1 Å². The van der Waals surface area contributed by atoms with E-state index in [9.17, 15) is 0 Å². The maximum atomic E-state index is 8.80. The van der Waals surface area contributed by atoms with Gasteiger partial charge in [-0.3, -0.25) is 4.99 Å². The van der Waals surface area contributed by atoms with Crippen LogP contribution in [-0.2, 0) is 13.0 Å². The van der Waals surface area contributed by atoms with Gasteiger partial charge >= 0.3 is 0 Å². The highest BCUT2D eigenvalue weighted by Crippen LogP contribution is 2.11. The van der Waals surface area contributed by atoms with Crippen LogP contribution in [-0.4, -0.2) is 26.7 Å². The Morgan fingerprint density at radius 3 is 2.24 bits per heavy atom. The van der Waals surface area contributed by atoms with Gasteiger partial charge in [0.2, 0.25) is 0 Å². The average molecular weight is 450 g/mol. The molecule has 0 spiro atoms. The molecule has 0 unspecified atom stereocenters. The van der Waals surface area contributed by atoms with Gasteiger partial charge in [-0.15, -0.1) is 24.0 Å². The summed E-state index contributed by atoms with van der Waals surface area (Å²) in [5.41, 5.74) is 3.01. The molecular weight excluding hydrogens is 427 g/mol. The number of ether oxygens (including phenoxy) is 1. The topological polar surface area (TPSA) is 69.4 Å². The van der Waals surface area contributed by atoms with Crippen LogP contribution in [0.3, 0.4) is 0 Å². The molecule has 0 saturated carbocycles. The summed E-state index contributed by atoms with van der Waals surface area (Å²) in [6, 6.07) is 17.7. The Labute approximate surface area is 166 Å². The van der Waals surface area contributed by atoms with Crippen LogP contribution in [0.15, 0.2) is 53.5 Å². The first-order chi connectivity index (χ1) is 11.7. The number of nitrogens with one attached hydrogen (secondary N) is 2. The maximum Gasteiger partial charge on any atom is 0.191 e. The van der Waals surface area contributed by atoms with E-state index in [1.807, 2.05) is 36.4 Å². The van der Waals surface area contributed by atoms with E-state index in [1.54, 1.807) is 14.2 Å². The Morgan fingerprint density at radius 2 is 1.68 bits per heavy atom. The molecule has 0 aliphatic rings. The molecule has 0 amide bonds. The van der Waals surface area contributed by atoms with Crippen molar-refractivity contribution in [3.8, 4) is 11.8 Å². The van der Waals surface area contributed by atoms with E-state index in [1.165, 1.54) is 5.56 Å². The minimum atomic E-state index is 0. The van der Waals surface area contributed by atoms with E-state index in [4.69, 9.17) is 10.00 Å². The molecular formula is C19H23IN4O. The van der Waals surface area contributed by atoms with Gasteiger partial charge in [0.1, 0.15) is 5.75 Å². The van der Waals surface area contributed by atoms with Gasteiger partial charge in [-0.1, -0.05) is 24.3 Å². The first kappa shape index (κ1) is 20.8. The van der Waals surface area contributed by atoms with E-state index < -0.39 is 0 Å². The van der Waals surface area contributed by atoms with E-state index in [-0.39, 0.29) is 24.0 Å². The number of rotatable bonds is 6. The lowest BCUT2D eigenvalue weighted by Crippen LogP contribution is -2.37. The van der Waals surface area contributed by atoms with Crippen molar-refractivity contribution in [3.05, 3.63) is 65.2 Å². The number of guanidine groups is 1. The largest absolute Gasteiger partial charge is 0.497 e. The first-order valence-electron chi connectivity index (χ1n) is 7.81. The van der Waals surface area contributed by atoms with Gasteiger partial charge < -0.3 is 15.4 Å². The Morgan fingerprint density at radius 1 is 1.04 bits per heavy atom. The van der Waals surface area contributed by atoms with Crippen LogP contribution in [0, 0.1) is 11.3 Å². The minimum Gasteiger partial charge on any atom is -0.497 e. The molecule has 5 nitrogen and oxygen atoms in total. The zero-order valence-electron chi connectivity index (χ0n) is 14.5. The normalized spacial score (nSPS) is 10.4. The van der Waals surface area contributed by atoms with Crippen LogP contribution in [0.2, 0.25) is 0 Å². The van der Waals surface area contributed by atoms with Crippen molar-refractivity contribution in [2.45, 2.75) is 13.0 Å². The summed E-state index contributed by atoms with van der Waals surface area (Å²) >= 11 is 0. The van der Waals surface area contributed by atoms with Gasteiger partial charge in [0.05, 0.1) is 18.7 Å². The van der Waals surface area contributed by atoms with Crippen molar-refractivity contribution >= 4 is 29.9 Å². The van der Waals surface area contributed by atoms with Gasteiger partial charge in [-0.05, 0) is 41.8 Å². The van der Waals surface area contributed by atoms with E-state index >= 15 is 0 Å². The zero-order valence-corrected chi connectivity index (χ0v) is 16.8. The van der Waals surface area contributed by atoms with Crippen molar-refractivity contribution < 1.29 is 4.74 Å². The van der Waals surface area contributed by atoms with E-state index in [2.05, 4.69) is 33.8 Å². The minimum absolute atomic E-state index is 0. The lowest BCUT2D eigenvalue weighted by molar-refractivity contribution is 0.414. The van der Waals surface area contributed by atoms with Gasteiger partial charge in [0.15, 0.2) is 5.96 Å². The third-order valence-corrected chi connectivity index (χ3v) is 3.63. The van der Waals surface area contributed by atoms with E-state index in [0.717, 1.165) is 30.2 Å². The maximum absolute atomic E-state index is 8.80. The third kappa shape index (κ3) is 7.01. The average Bonchev–Trinajstić information content (AvgIpc) is 2.65. The molecule has 25 heavy (non-hydrogen) atoms. The second kappa shape index (κ2) is 11.3. The van der Waals surface area contributed by atoms with Crippen molar-refractivity contribution in [2.75, 3.05) is 20.7 Å². The standard InChI is InChI=1S/C19H22N4O.HI/c1-21-19(23-14-17-5-3-16(13-20)4-6-17)22-12-11-15-7-9-18(24-2)10-8-15;/h3-10H,11-12,14H2,1-2H3,(H2,21,22,23);1H. The molecule has 0 radical (unpaired) electrons. The Kier molecular flexibility index (Phi) is 9.40. The Bertz CT molecular complexity index is 706. The predicted octanol–water partition coefficient (Wildman–Crippen LogP) is 3.09. The molecule has 6 heteroatoms. The predicted molar refractivity (Wildman–Crippen MR) is 111 cm³/mol. The molecule has 2 aromatic carbocycles. The molecule has 0 aliphatic carbocycles. The summed E-state index contributed by atoms with van der Waals surface area (Å²) in [6.07, 6.45) is 0.904. The molecule has 0 fully saturated rings. The van der Waals surface area contributed by atoms with Crippen molar-refractivity contribution in [1.82, 2.24) is 10.6 Å². The fraction of sp³-hybridized carbons (Fsp3) is 0.263. The van der Waals surface area contributed by atoms with Gasteiger partial charge in [0.25, 0.3) is 0 Å². The van der Waals surface area contributed by atoms with Gasteiger partial charge in [-0.2, -0.15) is 5.26 Å². The molecule has 2 N–H and O–H groups in total. The smallest absolute Gasteiger partial charge is 0.191 e. The number of nitrogens with zero attached hydrogens (tertiary/aromatic N) is 2. The van der Waals surface area contributed by atoms with Crippen molar-refractivity contribution in [1.29, 1.82) is 5.26 Å². The van der Waals surface area contributed by atoms with Crippen molar-refractivity contribution in [3.63, 3.8) is 0 Å². The zero-order chi connectivity index (χ0) is 17.2. The van der Waals surface area contributed by atoms with Crippen molar-refractivity contribution in [2.24, 2.45) is 4.99 Å². The summed E-state index contributed by atoms with van der Waals surface area (Å²) < 4.78 is 5.16. The summed E-state index contributed by atoms with van der Waals surface area (Å²) in [7, 11) is 3.42. The second-order valence-electron chi connectivity index (χ2n) is 5.26. The lowest BCUT2D eigenvalue weighted by Gasteiger charge is -2.12. The highest BCUT2D eigenvalue weighted by Gasteiger charge is 2.00. The fourth-order valence-electron chi connectivity index (χ4n) is 2.22. The Balaban J connectivity index is 0.00000312. The number of nitriles is 1. The molecule has 2 rings (SSSR count). The van der Waals surface area contributed by atoms with Gasteiger partial charge in [-0.25, -0.2) is 0 Å². The molecule has 0 aromatic heterocycles. The fourth-order valence-corrected chi connectivity index (χ4v) is 2.22. The van der Waals surface area contributed by atoms with Crippen LogP contribution in [0.4, 0.5) is 0 Å². The summed E-state index contributed by atoms with van der Waals surface area (Å²) in [6.45, 7) is 1.45. The number of halogens is 1. The SMILES string of the molecule is CN=C(NCCc1ccc(OC)cc1)NCc1ccc(C#N)cc1.I. The number of benzene rings is 2. The lowest BCUT2D eigenvalue weighted by atomic mass is 10.1. The quantitative estimate of drug-likeness (QED) is 0.403. The molecule has 0 heterocycles. The summed E-state index contributed by atoms with van der Waals surface area (Å²) in [5.74, 6) is 1.62. The van der Waals surface area contributed by atoms with Crippen LogP contribution in [0.25, 0.3) is 0 Å². The summed E-state index contributed by atoms with van der Waals surface area (Å²) in [4.78, 5) is 4.22. The van der Waals surface area contributed by atoms with Crippen LogP contribution in [0.1, 0.15) is 16.7 Å². The number of aliphatic imine (C=N–C) groups is 1. The molecule has 0 aliphatic heterocycles. The number of hydrogen-bond acceptors (Lipinski definition) is 3. The number of hydrogen-bond donors (Lipinski definition) is 2. The van der Waals surface area contributed by atoms with Crippen LogP contribution >= 0.6 is 24.0 Å². The third-order valence-electron chi connectivity index (χ3n) is 3.63. The molecule has 2 aromatic rings. The molecule has 0 bridgehead atoms. The molecule has 0 saturated heterocycles.